The number of nitrogens with one attached hydrogen (secondary N) is 2. The normalized spacial score (nSPS) is 14.8. The van der Waals surface area contributed by atoms with Crippen LogP contribution in [-0.4, -0.2) is 33.2 Å². The van der Waals surface area contributed by atoms with Crippen molar-refractivity contribution in [2.75, 3.05) is 28.5 Å². The minimum Gasteiger partial charge on any atom is -0.372 e. The Morgan fingerprint density at radius 2 is 1.81 bits per heavy atom. The van der Waals surface area contributed by atoms with Crippen molar-refractivity contribution in [3.63, 3.8) is 0 Å². The van der Waals surface area contributed by atoms with Crippen molar-refractivity contribution < 1.29 is 13.2 Å². The van der Waals surface area contributed by atoms with Crippen LogP contribution in [-0.2, 0) is 21.4 Å². The smallest absolute Gasteiger partial charge is 0.241 e. The van der Waals surface area contributed by atoms with Crippen LogP contribution >= 0.6 is 11.3 Å². The number of hydrogen-bond acceptors (Lipinski definition) is 5. The Hall–Kier alpha value is -2.06. The van der Waals surface area contributed by atoms with E-state index in [0.29, 0.717) is 12.2 Å². The molecule has 1 saturated heterocycles. The number of rotatable bonds is 7. The molecule has 27 heavy (non-hydrogen) atoms. The van der Waals surface area contributed by atoms with Crippen molar-refractivity contribution in [1.82, 2.24) is 5.32 Å². The summed E-state index contributed by atoms with van der Waals surface area (Å²) < 4.78 is 27.0. The van der Waals surface area contributed by atoms with Gasteiger partial charge < -0.3 is 10.2 Å². The first-order chi connectivity index (χ1) is 12.9. The van der Waals surface area contributed by atoms with Crippen molar-refractivity contribution in [3.8, 4) is 0 Å². The second-order valence-electron chi connectivity index (χ2n) is 6.76. The molecule has 2 N–H and O–H groups in total. The number of benzene rings is 1. The molecule has 0 spiro atoms. The standard InChI is InChI=1S/C19H25N3O3S2/c1-15-9-12-26-18(15)13-20-19(23)14-27(24,25)21-16-5-7-17(8-6-16)22-10-3-2-4-11-22/h5-9,12,21H,2-4,10-11,13-14H2,1H3,(H,20,23). The van der Waals surface area contributed by atoms with Crippen molar-refractivity contribution in [1.29, 1.82) is 0 Å². The Balaban J connectivity index is 1.52. The molecule has 146 valence electrons. The SMILES string of the molecule is Cc1ccsc1CNC(=O)CS(=O)(=O)Nc1ccc(N2CCCCC2)cc1. The number of carbonyl (C=O) groups is 1. The van der Waals surface area contributed by atoms with Crippen LogP contribution in [0, 0.1) is 6.92 Å². The lowest BCUT2D eigenvalue weighted by molar-refractivity contribution is -0.118. The van der Waals surface area contributed by atoms with Crippen LogP contribution in [0.2, 0.25) is 0 Å². The lowest BCUT2D eigenvalue weighted by Gasteiger charge is -2.28. The third kappa shape index (κ3) is 5.71. The minimum atomic E-state index is -3.74. The van der Waals surface area contributed by atoms with E-state index in [4.69, 9.17) is 0 Å². The van der Waals surface area contributed by atoms with Gasteiger partial charge in [0.2, 0.25) is 15.9 Å². The van der Waals surface area contributed by atoms with E-state index in [-0.39, 0.29) is 0 Å². The van der Waals surface area contributed by atoms with Gasteiger partial charge in [0.05, 0.1) is 6.54 Å². The summed E-state index contributed by atoms with van der Waals surface area (Å²) >= 11 is 1.54. The summed E-state index contributed by atoms with van der Waals surface area (Å²) in [5, 5.41) is 4.61. The zero-order chi connectivity index (χ0) is 19.3. The second-order valence-corrected chi connectivity index (χ2v) is 9.48. The average molecular weight is 408 g/mol. The van der Waals surface area contributed by atoms with E-state index in [9.17, 15) is 13.2 Å². The zero-order valence-corrected chi connectivity index (χ0v) is 17.0. The highest BCUT2D eigenvalue weighted by atomic mass is 32.2. The molecule has 0 atom stereocenters. The Bertz CT molecular complexity index is 870. The molecular weight excluding hydrogens is 382 g/mol. The molecule has 1 amide bonds. The summed E-state index contributed by atoms with van der Waals surface area (Å²) in [5.74, 6) is -1.11. The predicted molar refractivity (Wildman–Crippen MR) is 111 cm³/mol. The summed E-state index contributed by atoms with van der Waals surface area (Å²) in [6, 6.07) is 9.30. The third-order valence-electron chi connectivity index (χ3n) is 4.60. The van der Waals surface area contributed by atoms with Crippen molar-refractivity contribution in [2.24, 2.45) is 0 Å². The summed E-state index contributed by atoms with van der Waals surface area (Å²) in [4.78, 5) is 15.3. The van der Waals surface area contributed by atoms with E-state index in [1.807, 2.05) is 30.5 Å². The molecule has 8 heteroatoms. The fourth-order valence-corrected chi connectivity index (χ4v) is 4.96. The maximum Gasteiger partial charge on any atom is 0.241 e. The highest BCUT2D eigenvalue weighted by Gasteiger charge is 2.17. The molecule has 0 bridgehead atoms. The van der Waals surface area contributed by atoms with E-state index >= 15 is 0 Å². The number of nitrogens with zero attached hydrogens (tertiary/aromatic N) is 1. The lowest BCUT2D eigenvalue weighted by Crippen LogP contribution is -2.32. The second kappa shape index (κ2) is 8.75. The highest BCUT2D eigenvalue weighted by Crippen LogP contribution is 2.22. The van der Waals surface area contributed by atoms with Gasteiger partial charge in [0.15, 0.2) is 0 Å². The number of piperidine rings is 1. The Morgan fingerprint density at radius 3 is 2.44 bits per heavy atom. The molecule has 2 aromatic rings. The molecule has 2 heterocycles. The van der Waals surface area contributed by atoms with Crippen LogP contribution in [0.15, 0.2) is 35.7 Å². The molecule has 0 radical (unpaired) electrons. The molecule has 1 aromatic carbocycles. The van der Waals surface area contributed by atoms with Crippen LogP contribution in [0.1, 0.15) is 29.7 Å². The van der Waals surface area contributed by atoms with E-state index in [2.05, 4.69) is 14.9 Å². The number of carbonyl (C=O) groups excluding carboxylic acids is 1. The van der Waals surface area contributed by atoms with Crippen molar-refractivity contribution in [3.05, 3.63) is 46.2 Å². The molecule has 1 aromatic heterocycles. The number of thiophene rings is 1. The highest BCUT2D eigenvalue weighted by molar-refractivity contribution is 7.93. The van der Waals surface area contributed by atoms with Crippen LogP contribution in [0.25, 0.3) is 0 Å². The molecule has 0 aliphatic carbocycles. The van der Waals surface area contributed by atoms with Crippen LogP contribution < -0.4 is 14.9 Å². The molecule has 1 fully saturated rings. The van der Waals surface area contributed by atoms with Crippen LogP contribution in [0.4, 0.5) is 11.4 Å². The van der Waals surface area contributed by atoms with Gasteiger partial charge in [-0.25, -0.2) is 8.42 Å². The first kappa shape index (κ1) is 19.7. The van der Waals surface area contributed by atoms with Gasteiger partial charge in [-0.3, -0.25) is 9.52 Å². The molecule has 3 rings (SSSR count). The maximum atomic E-state index is 12.2. The number of amides is 1. The molecular formula is C19H25N3O3S2. The maximum absolute atomic E-state index is 12.2. The average Bonchev–Trinajstić information content (AvgIpc) is 3.05. The van der Waals surface area contributed by atoms with Crippen molar-refractivity contribution in [2.45, 2.75) is 32.7 Å². The van der Waals surface area contributed by atoms with E-state index < -0.39 is 21.7 Å². The fraction of sp³-hybridized carbons (Fsp3) is 0.421. The summed E-state index contributed by atoms with van der Waals surface area (Å²) in [6.45, 7) is 4.39. The van der Waals surface area contributed by atoms with Gasteiger partial charge in [0.1, 0.15) is 5.75 Å². The molecule has 0 saturated carbocycles. The van der Waals surface area contributed by atoms with Gasteiger partial charge in [0.25, 0.3) is 0 Å². The quantitative estimate of drug-likeness (QED) is 0.739. The topological polar surface area (TPSA) is 78.5 Å². The molecule has 1 aliphatic rings. The summed E-state index contributed by atoms with van der Waals surface area (Å²) in [5.41, 5.74) is 2.66. The number of anilines is 2. The number of aryl methyl sites for hydroxylation is 1. The summed E-state index contributed by atoms with van der Waals surface area (Å²) in [7, 11) is -3.74. The molecule has 6 nitrogen and oxygen atoms in total. The largest absolute Gasteiger partial charge is 0.372 e. The summed E-state index contributed by atoms with van der Waals surface area (Å²) in [6.07, 6.45) is 3.64. The predicted octanol–water partition coefficient (Wildman–Crippen LogP) is 3.10. The first-order valence-electron chi connectivity index (χ1n) is 9.08. The van der Waals surface area contributed by atoms with E-state index in [1.165, 1.54) is 19.3 Å². The monoisotopic (exact) mass is 407 g/mol. The van der Waals surface area contributed by atoms with Gasteiger partial charge in [-0.2, -0.15) is 0 Å². The van der Waals surface area contributed by atoms with E-state index in [1.54, 1.807) is 23.5 Å². The minimum absolute atomic E-state index is 0.350. The molecule has 1 aliphatic heterocycles. The van der Waals surface area contributed by atoms with Gasteiger partial charge in [0, 0.05) is 29.3 Å². The first-order valence-corrected chi connectivity index (χ1v) is 11.6. The Morgan fingerprint density at radius 1 is 1.11 bits per heavy atom. The van der Waals surface area contributed by atoms with Gasteiger partial charge >= 0.3 is 0 Å². The van der Waals surface area contributed by atoms with Gasteiger partial charge in [-0.05, 0) is 67.5 Å². The fourth-order valence-electron chi connectivity index (χ4n) is 3.10. The van der Waals surface area contributed by atoms with Gasteiger partial charge in [-0.15, -0.1) is 11.3 Å². The number of sulfonamides is 1. The third-order valence-corrected chi connectivity index (χ3v) is 6.81. The van der Waals surface area contributed by atoms with E-state index in [0.717, 1.165) is 29.2 Å². The Labute approximate surface area is 164 Å². The van der Waals surface area contributed by atoms with Crippen molar-refractivity contribution >= 4 is 38.6 Å². The van der Waals surface area contributed by atoms with Crippen LogP contribution in [0.3, 0.4) is 0 Å². The van der Waals surface area contributed by atoms with Crippen LogP contribution in [0.5, 0.6) is 0 Å². The van der Waals surface area contributed by atoms with Gasteiger partial charge in [-0.1, -0.05) is 0 Å². The zero-order valence-electron chi connectivity index (χ0n) is 15.4. The molecule has 0 unspecified atom stereocenters. The lowest BCUT2D eigenvalue weighted by atomic mass is 10.1. The Kier molecular flexibility index (Phi) is 6.38. The number of hydrogen-bond donors (Lipinski definition) is 2.